The number of hydrogen-bond acceptors (Lipinski definition) is 4. The van der Waals surface area contributed by atoms with Gasteiger partial charge >= 0.3 is 0 Å². The minimum Gasteiger partial charge on any atom is -0.340 e. The summed E-state index contributed by atoms with van der Waals surface area (Å²) >= 11 is 0. The van der Waals surface area contributed by atoms with E-state index in [1.54, 1.807) is 18.9 Å². The van der Waals surface area contributed by atoms with Crippen LogP contribution in [0.15, 0.2) is 34.9 Å². The second-order valence-electron chi connectivity index (χ2n) is 3.69. The van der Waals surface area contributed by atoms with Crippen molar-refractivity contribution < 1.29 is 9.32 Å². The summed E-state index contributed by atoms with van der Waals surface area (Å²) in [6, 6.07) is 9.43. The van der Waals surface area contributed by atoms with Gasteiger partial charge in [0.05, 0.1) is 6.42 Å². The molecule has 0 spiro atoms. The van der Waals surface area contributed by atoms with Crippen LogP contribution in [-0.2, 0) is 11.2 Å². The lowest BCUT2D eigenvalue weighted by Gasteiger charge is -2.15. The summed E-state index contributed by atoms with van der Waals surface area (Å²) in [5.74, 6) is 0.808. The molecule has 5 nitrogen and oxygen atoms in total. The number of aryl methyl sites for hydroxylation is 1. The van der Waals surface area contributed by atoms with E-state index in [2.05, 4.69) is 10.1 Å². The molecule has 0 aliphatic heterocycles. The largest absolute Gasteiger partial charge is 0.340 e. The molecule has 1 aromatic heterocycles. The van der Waals surface area contributed by atoms with Gasteiger partial charge in [-0.1, -0.05) is 23.4 Å². The van der Waals surface area contributed by atoms with Crippen molar-refractivity contribution in [2.24, 2.45) is 0 Å². The first-order chi connectivity index (χ1) is 8.16. The van der Waals surface area contributed by atoms with E-state index in [0.717, 1.165) is 5.69 Å². The molecule has 0 bridgehead atoms. The second kappa shape index (κ2) is 4.78. The zero-order valence-electron chi connectivity index (χ0n) is 9.75. The Bertz CT molecular complexity index is 507. The fourth-order valence-corrected chi connectivity index (χ4v) is 1.46. The smallest absolute Gasteiger partial charge is 0.234 e. The lowest BCUT2D eigenvalue weighted by Crippen LogP contribution is -2.28. The van der Waals surface area contributed by atoms with E-state index in [-0.39, 0.29) is 12.3 Å². The molecule has 0 aliphatic carbocycles. The predicted molar refractivity (Wildman–Crippen MR) is 62.6 cm³/mol. The van der Waals surface area contributed by atoms with Gasteiger partial charge < -0.3 is 9.42 Å². The zero-order chi connectivity index (χ0) is 12.3. The lowest BCUT2D eigenvalue weighted by atomic mass is 10.2. The average Bonchev–Trinajstić information content (AvgIpc) is 2.75. The van der Waals surface area contributed by atoms with Crippen molar-refractivity contribution in [3.05, 3.63) is 42.0 Å². The number of benzene rings is 1. The number of para-hydroxylation sites is 1. The molecular weight excluding hydrogens is 218 g/mol. The monoisotopic (exact) mass is 231 g/mol. The maximum atomic E-state index is 11.9. The van der Waals surface area contributed by atoms with Crippen LogP contribution in [0.5, 0.6) is 0 Å². The van der Waals surface area contributed by atoms with E-state index < -0.39 is 0 Å². The molecule has 0 unspecified atom stereocenters. The number of amides is 1. The van der Waals surface area contributed by atoms with Gasteiger partial charge in [-0.25, -0.2) is 0 Å². The third kappa shape index (κ3) is 2.69. The maximum absolute atomic E-state index is 11.9. The lowest BCUT2D eigenvalue weighted by molar-refractivity contribution is -0.117. The van der Waals surface area contributed by atoms with Crippen molar-refractivity contribution in [3.8, 4) is 0 Å². The van der Waals surface area contributed by atoms with Crippen molar-refractivity contribution >= 4 is 11.6 Å². The summed E-state index contributed by atoms with van der Waals surface area (Å²) < 4.78 is 4.82. The Morgan fingerprint density at radius 1 is 1.35 bits per heavy atom. The molecule has 0 fully saturated rings. The molecule has 1 heterocycles. The van der Waals surface area contributed by atoms with E-state index >= 15 is 0 Å². The highest BCUT2D eigenvalue weighted by Gasteiger charge is 2.14. The van der Waals surface area contributed by atoms with Gasteiger partial charge in [-0.05, 0) is 12.1 Å². The number of aromatic nitrogens is 2. The highest BCUT2D eigenvalue weighted by atomic mass is 16.5. The van der Waals surface area contributed by atoms with Crippen LogP contribution in [0.1, 0.15) is 11.7 Å². The molecule has 0 atom stereocenters. The van der Waals surface area contributed by atoms with Crippen molar-refractivity contribution in [1.29, 1.82) is 0 Å². The predicted octanol–water partition coefficient (Wildman–Crippen LogP) is 1.58. The molecule has 2 rings (SSSR count). The van der Waals surface area contributed by atoms with Crippen LogP contribution in [0.25, 0.3) is 0 Å². The fourth-order valence-electron chi connectivity index (χ4n) is 1.46. The summed E-state index contributed by atoms with van der Waals surface area (Å²) in [5, 5.41) is 3.70. The van der Waals surface area contributed by atoms with Gasteiger partial charge in [0, 0.05) is 19.7 Å². The summed E-state index contributed by atoms with van der Waals surface area (Å²) in [5.41, 5.74) is 0.845. The standard InChI is InChI=1S/C12H13N3O2/c1-9-13-11(14-17-9)8-12(16)15(2)10-6-4-3-5-7-10/h3-7H,8H2,1-2H3. The number of carbonyl (C=O) groups excluding carboxylic acids is 1. The van der Waals surface area contributed by atoms with Crippen molar-refractivity contribution in [1.82, 2.24) is 10.1 Å². The van der Waals surface area contributed by atoms with E-state index in [1.807, 2.05) is 30.3 Å². The minimum absolute atomic E-state index is 0.0722. The molecule has 1 amide bonds. The normalized spacial score (nSPS) is 10.2. The van der Waals surface area contributed by atoms with E-state index in [4.69, 9.17) is 4.52 Å². The number of likely N-dealkylation sites (N-methyl/N-ethyl adjacent to an activating group) is 1. The van der Waals surface area contributed by atoms with Crippen LogP contribution in [-0.4, -0.2) is 23.1 Å². The van der Waals surface area contributed by atoms with Crippen molar-refractivity contribution in [2.45, 2.75) is 13.3 Å². The summed E-state index contributed by atoms with van der Waals surface area (Å²) in [6.45, 7) is 1.70. The van der Waals surface area contributed by atoms with Gasteiger partial charge in [0.1, 0.15) is 0 Å². The molecule has 5 heteroatoms. The Labute approximate surface area is 99.1 Å². The first-order valence-electron chi connectivity index (χ1n) is 5.27. The Kier molecular flexibility index (Phi) is 3.18. The number of rotatable bonds is 3. The number of anilines is 1. The van der Waals surface area contributed by atoms with Crippen LogP contribution in [0.4, 0.5) is 5.69 Å². The molecular formula is C12H13N3O2. The Morgan fingerprint density at radius 3 is 2.65 bits per heavy atom. The topological polar surface area (TPSA) is 59.2 Å². The fraction of sp³-hybridized carbons (Fsp3) is 0.250. The molecule has 88 valence electrons. The molecule has 17 heavy (non-hydrogen) atoms. The summed E-state index contributed by atoms with van der Waals surface area (Å²) in [4.78, 5) is 17.5. The Balaban J connectivity index is 2.06. The zero-order valence-corrected chi connectivity index (χ0v) is 9.75. The van der Waals surface area contributed by atoms with Crippen molar-refractivity contribution in [3.63, 3.8) is 0 Å². The number of nitrogens with zero attached hydrogens (tertiary/aromatic N) is 3. The number of carbonyl (C=O) groups is 1. The minimum atomic E-state index is -0.0722. The molecule has 0 saturated heterocycles. The van der Waals surface area contributed by atoms with Crippen LogP contribution in [0.3, 0.4) is 0 Å². The van der Waals surface area contributed by atoms with Gasteiger partial charge in [-0.3, -0.25) is 4.79 Å². The molecule has 0 radical (unpaired) electrons. The van der Waals surface area contributed by atoms with Gasteiger partial charge in [0.25, 0.3) is 0 Å². The average molecular weight is 231 g/mol. The van der Waals surface area contributed by atoms with E-state index in [0.29, 0.717) is 11.7 Å². The summed E-state index contributed by atoms with van der Waals surface area (Å²) in [7, 11) is 1.73. The second-order valence-corrected chi connectivity index (χ2v) is 3.69. The van der Waals surface area contributed by atoms with E-state index in [9.17, 15) is 4.79 Å². The van der Waals surface area contributed by atoms with Crippen LogP contribution in [0, 0.1) is 6.92 Å². The molecule has 0 aliphatic rings. The first-order valence-corrected chi connectivity index (χ1v) is 5.27. The highest BCUT2D eigenvalue weighted by molar-refractivity contribution is 5.93. The first kappa shape index (κ1) is 11.3. The quantitative estimate of drug-likeness (QED) is 0.804. The molecule has 2 aromatic rings. The third-order valence-electron chi connectivity index (χ3n) is 2.40. The van der Waals surface area contributed by atoms with Gasteiger partial charge in [-0.2, -0.15) is 4.98 Å². The number of hydrogen-bond donors (Lipinski definition) is 0. The van der Waals surface area contributed by atoms with Gasteiger partial charge in [-0.15, -0.1) is 0 Å². The van der Waals surface area contributed by atoms with E-state index in [1.165, 1.54) is 0 Å². The molecule has 0 saturated carbocycles. The van der Waals surface area contributed by atoms with Crippen LogP contribution >= 0.6 is 0 Å². The third-order valence-corrected chi connectivity index (χ3v) is 2.40. The van der Waals surface area contributed by atoms with Crippen LogP contribution < -0.4 is 4.90 Å². The Hall–Kier alpha value is -2.17. The van der Waals surface area contributed by atoms with Crippen molar-refractivity contribution in [2.75, 3.05) is 11.9 Å². The van der Waals surface area contributed by atoms with Crippen LogP contribution in [0.2, 0.25) is 0 Å². The van der Waals surface area contributed by atoms with Gasteiger partial charge in [0.15, 0.2) is 5.82 Å². The SMILES string of the molecule is Cc1nc(CC(=O)N(C)c2ccccc2)no1. The Morgan fingerprint density at radius 2 is 2.06 bits per heavy atom. The molecule has 0 N–H and O–H groups in total. The summed E-state index contributed by atoms with van der Waals surface area (Å²) in [6.07, 6.45) is 0.142. The maximum Gasteiger partial charge on any atom is 0.234 e. The molecule has 1 aromatic carbocycles. The van der Waals surface area contributed by atoms with Gasteiger partial charge in [0.2, 0.25) is 11.8 Å². The highest BCUT2D eigenvalue weighted by Crippen LogP contribution is 2.12.